The van der Waals surface area contributed by atoms with Crippen molar-refractivity contribution in [3.8, 4) is 0 Å². The Hall–Kier alpha value is -1.88. The predicted octanol–water partition coefficient (Wildman–Crippen LogP) is 7.27. The molecule has 0 spiro atoms. The maximum atomic E-state index is 10.8. The largest absolute Gasteiger partial charge is 0.387 e. The number of halogens is 2. The van der Waals surface area contributed by atoms with Crippen LogP contribution in [0.5, 0.6) is 0 Å². The number of aryl methyl sites for hydroxylation is 1. The minimum Gasteiger partial charge on any atom is -0.387 e. The van der Waals surface area contributed by atoms with Crippen LogP contribution in [0, 0.1) is 6.92 Å². The third-order valence-corrected chi connectivity index (χ3v) is 6.30. The highest BCUT2D eigenvalue weighted by Gasteiger charge is 2.15. The van der Waals surface area contributed by atoms with Crippen LogP contribution in [0.1, 0.15) is 47.6 Å². The molecule has 182 valence electrons. The number of hydrogen-bond donors (Lipinski definition) is 1. The highest BCUT2D eigenvalue weighted by Crippen LogP contribution is 2.24. The molecule has 0 amide bonds. The summed E-state index contributed by atoms with van der Waals surface area (Å²) in [5.41, 5.74) is 4.59. The Kier molecular flexibility index (Phi) is 11.4. The highest BCUT2D eigenvalue weighted by atomic mass is 35.5. The minimum atomic E-state index is -0.648. The molecular weight excluding hydrogens is 465 g/mol. The molecule has 5 heteroatoms. The number of unbranched alkanes of at least 4 members (excludes halogenated alkanes) is 2. The molecule has 0 saturated carbocycles. The second-order valence-electron chi connectivity index (χ2n) is 8.85. The van der Waals surface area contributed by atoms with Gasteiger partial charge < -0.3 is 9.84 Å². The average Bonchev–Trinajstić information content (AvgIpc) is 2.82. The van der Waals surface area contributed by atoms with Gasteiger partial charge in [-0.3, -0.25) is 4.90 Å². The first-order valence-electron chi connectivity index (χ1n) is 12.0. The first-order chi connectivity index (χ1) is 16.5. The normalized spacial score (nSPS) is 12.3. The summed E-state index contributed by atoms with van der Waals surface area (Å²) < 4.78 is 5.84. The number of benzene rings is 3. The lowest BCUT2D eigenvalue weighted by atomic mass is 10.1. The van der Waals surface area contributed by atoms with Gasteiger partial charge in [0.1, 0.15) is 0 Å². The van der Waals surface area contributed by atoms with Gasteiger partial charge in [0, 0.05) is 29.7 Å². The van der Waals surface area contributed by atoms with E-state index in [4.69, 9.17) is 27.9 Å². The van der Waals surface area contributed by atoms with Gasteiger partial charge in [0.2, 0.25) is 0 Å². The lowest BCUT2D eigenvalue weighted by molar-refractivity contribution is 0.105. The Balaban J connectivity index is 1.41. The molecule has 1 atom stereocenters. The minimum absolute atomic E-state index is 0.526. The quantitative estimate of drug-likeness (QED) is 0.236. The predicted molar refractivity (Wildman–Crippen MR) is 143 cm³/mol. The van der Waals surface area contributed by atoms with Crippen LogP contribution >= 0.6 is 23.2 Å². The van der Waals surface area contributed by atoms with Gasteiger partial charge >= 0.3 is 0 Å². The van der Waals surface area contributed by atoms with Crippen LogP contribution in [0.4, 0.5) is 0 Å². The number of aliphatic hydroxyl groups is 1. The summed E-state index contributed by atoms with van der Waals surface area (Å²) in [5.74, 6) is 0. The Morgan fingerprint density at radius 2 is 1.53 bits per heavy atom. The Bertz CT molecular complexity index is 959. The number of nitrogens with zero attached hydrogens (tertiary/aromatic N) is 1. The van der Waals surface area contributed by atoms with Crippen molar-refractivity contribution in [1.29, 1.82) is 0 Å². The molecule has 3 nitrogen and oxygen atoms in total. The van der Waals surface area contributed by atoms with Crippen molar-refractivity contribution >= 4 is 23.2 Å². The van der Waals surface area contributed by atoms with Gasteiger partial charge in [0.25, 0.3) is 0 Å². The Morgan fingerprint density at radius 3 is 2.24 bits per heavy atom. The van der Waals surface area contributed by atoms with Gasteiger partial charge in [-0.15, -0.1) is 0 Å². The summed E-state index contributed by atoms with van der Waals surface area (Å²) in [6.07, 6.45) is 3.49. The average molecular weight is 501 g/mol. The smallest absolute Gasteiger partial charge is 0.0918 e. The maximum absolute atomic E-state index is 10.8. The van der Waals surface area contributed by atoms with Crippen LogP contribution in [0.2, 0.25) is 10.0 Å². The van der Waals surface area contributed by atoms with Crippen LogP contribution in [0.15, 0.2) is 72.8 Å². The Morgan fingerprint density at radius 1 is 0.824 bits per heavy atom. The van der Waals surface area contributed by atoms with Crippen LogP contribution in [0.3, 0.4) is 0 Å². The summed E-state index contributed by atoms with van der Waals surface area (Å²) in [6.45, 7) is 5.88. The van der Waals surface area contributed by atoms with Crippen molar-refractivity contribution < 1.29 is 9.84 Å². The van der Waals surface area contributed by atoms with E-state index in [1.54, 1.807) is 18.2 Å². The summed E-state index contributed by atoms with van der Waals surface area (Å²) in [7, 11) is 0. The molecule has 0 aliphatic heterocycles. The first-order valence-corrected chi connectivity index (χ1v) is 12.8. The van der Waals surface area contributed by atoms with E-state index in [9.17, 15) is 5.11 Å². The van der Waals surface area contributed by atoms with E-state index < -0.39 is 6.10 Å². The number of rotatable bonds is 14. The molecule has 1 N–H and O–H groups in total. The SMILES string of the molecule is Cc1ccc(CCOCCCCCN(Cc2ccccc2)CC(O)c2cc(Cl)cc(Cl)c2)cc1. The molecule has 3 aromatic rings. The zero-order chi connectivity index (χ0) is 24.2. The van der Waals surface area contributed by atoms with Crippen LogP contribution in [-0.4, -0.2) is 36.3 Å². The molecule has 34 heavy (non-hydrogen) atoms. The van der Waals surface area contributed by atoms with E-state index in [1.807, 2.05) is 6.07 Å². The summed E-state index contributed by atoms with van der Waals surface area (Å²) in [4.78, 5) is 2.30. The van der Waals surface area contributed by atoms with Gasteiger partial charge in [-0.1, -0.05) is 83.4 Å². The van der Waals surface area contributed by atoms with E-state index in [1.165, 1.54) is 16.7 Å². The second kappa shape index (κ2) is 14.5. The van der Waals surface area contributed by atoms with Crippen LogP contribution < -0.4 is 0 Å². The number of aliphatic hydroxyl groups excluding tert-OH is 1. The maximum Gasteiger partial charge on any atom is 0.0918 e. The fourth-order valence-electron chi connectivity index (χ4n) is 3.96. The van der Waals surface area contributed by atoms with Gasteiger partial charge in [0.05, 0.1) is 12.7 Å². The van der Waals surface area contributed by atoms with Gasteiger partial charge in [-0.05, 0) is 74.0 Å². The van der Waals surface area contributed by atoms with Crippen LogP contribution in [-0.2, 0) is 17.7 Å². The van der Waals surface area contributed by atoms with E-state index >= 15 is 0 Å². The molecule has 0 aliphatic carbocycles. The Labute approximate surface area is 214 Å². The number of hydrogen-bond acceptors (Lipinski definition) is 3. The van der Waals surface area contributed by atoms with E-state index in [-0.39, 0.29) is 0 Å². The zero-order valence-corrected chi connectivity index (χ0v) is 21.4. The molecule has 0 aromatic heterocycles. The second-order valence-corrected chi connectivity index (χ2v) is 9.72. The molecule has 0 heterocycles. The van der Waals surface area contributed by atoms with Crippen molar-refractivity contribution in [1.82, 2.24) is 4.90 Å². The number of ether oxygens (including phenoxy) is 1. The fourth-order valence-corrected chi connectivity index (χ4v) is 4.50. The molecular formula is C29H35Cl2NO2. The molecule has 1 unspecified atom stereocenters. The lowest BCUT2D eigenvalue weighted by Gasteiger charge is -2.25. The third kappa shape index (κ3) is 9.77. The summed E-state index contributed by atoms with van der Waals surface area (Å²) in [6, 6.07) is 24.3. The molecule has 0 radical (unpaired) electrons. The lowest BCUT2D eigenvalue weighted by Crippen LogP contribution is -2.29. The van der Waals surface area contributed by atoms with Crippen molar-refractivity contribution in [2.45, 2.75) is 45.3 Å². The first kappa shape index (κ1) is 26.7. The highest BCUT2D eigenvalue weighted by molar-refractivity contribution is 6.34. The monoisotopic (exact) mass is 499 g/mol. The standard InChI is InChI=1S/C29H35Cl2NO2/c1-23-10-12-24(13-11-23)14-17-34-16-7-3-6-15-32(21-25-8-4-2-5-9-25)22-29(33)26-18-27(30)20-28(31)19-26/h2,4-5,8-13,18-20,29,33H,3,6-7,14-17,21-22H2,1H3. The van der Waals surface area contributed by atoms with Crippen molar-refractivity contribution in [3.63, 3.8) is 0 Å². The molecule has 0 fully saturated rings. The van der Waals surface area contributed by atoms with E-state index in [0.29, 0.717) is 16.6 Å². The molecule has 0 aliphatic rings. The van der Waals surface area contributed by atoms with Gasteiger partial charge in [0.15, 0.2) is 0 Å². The molecule has 0 saturated heterocycles. The summed E-state index contributed by atoms with van der Waals surface area (Å²) in [5, 5.41) is 11.9. The molecule has 3 aromatic carbocycles. The van der Waals surface area contributed by atoms with E-state index in [2.05, 4.69) is 60.4 Å². The zero-order valence-electron chi connectivity index (χ0n) is 19.9. The van der Waals surface area contributed by atoms with E-state index in [0.717, 1.165) is 57.6 Å². The fraction of sp³-hybridized carbons (Fsp3) is 0.379. The van der Waals surface area contributed by atoms with Gasteiger partial charge in [-0.2, -0.15) is 0 Å². The van der Waals surface area contributed by atoms with Crippen molar-refractivity contribution in [2.24, 2.45) is 0 Å². The molecule has 0 bridgehead atoms. The molecule has 3 rings (SSSR count). The summed E-state index contributed by atoms with van der Waals surface area (Å²) >= 11 is 12.3. The topological polar surface area (TPSA) is 32.7 Å². The van der Waals surface area contributed by atoms with Gasteiger partial charge in [-0.25, -0.2) is 0 Å². The third-order valence-electron chi connectivity index (χ3n) is 5.87. The van der Waals surface area contributed by atoms with Crippen LogP contribution in [0.25, 0.3) is 0 Å². The van der Waals surface area contributed by atoms with Crippen molar-refractivity contribution in [3.05, 3.63) is 105 Å². The van der Waals surface area contributed by atoms with Crippen molar-refractivity contribution in [2.75, 3.05) is 26.3 Å².